The predicted molar refractivity (Wildman–Crippen MR) is 173 cm³/mol. The third-order valence-electron chi connectivity index (χ3n) is 7.11. The van der Waals surface area contributed by atoms with E-state index in [9.17, 15) is 18.0 Å². The van der Waals surface area contributed by atoms with Crippen molar-refractivity contribution in [1.82, 2.24) is 10.2 Å². The van der Waals surface area contributed by atoms with E-state index >= 15 is 0 Å². The van der Waals surface area contributed by atoms with Gasteiger partial charge in [0.2, 0.25) is 21.8 Å². The van der Waals surface area contributed by atoms with Gasteiger partial charge in [-0.15, -0.1) is 0 Å². The number of amides is 2. The highest BCUT2D eigenvalue weighted by Crippen LogP contribution is 2.30. The van der Waals surface area contributed by atoms with Gasteiger partial charge in [-0.25, -0.2) is 8.42 Å². The standard InChI is InChI=1S/C33H42ClN3O5S/c1-5-6-19-35-33(39)30(22-26-13-8-7-9-14-26)36(24-27-15-10-12-25(2)21-27)32(38)16-11-20-37(43(4,40)41)28-17-18-31(42-3)29(34)23-28/h7-10,12-15,17-18,21,23,30H,5-6,11,16,19-20,22,24H2,1-4H3,(H,35,39)/t30-/m0/s1. The van der Waals surface area contributed by atoms with Gasteiger partial charge in [0.05, 0.1) is 24.1 Å². The Hall–Kier alpha value is -3.56. The minimum atomic E-state index is -3.66. The van der Waals surface area contributed by atoms with E-state index in [1.807, 2.05) is 61.5 Å². The molecule has 0 saturated heterocycles. The van der Waals surface area contributed by atoms with Crippen LogP contribution in [0.1, 0.15) is 49.3 Å². The molecule has 0 radical (unpaired) electrons. The number of halogens is 1. The third kappa shape index (κ3) is 10.3. The number of ether oxygens (including phenoxy) is 1. The molecule has 0 unspecified atom stereocenters. The lowest BCUT2D eigenvalue weighted by Crippen LogP contribution is -2.50. The normalized spacial score (nSPS) is 11.9. The number of hydrogen-bond acceptors (Lipinski definition) is 5. The third-order valence-corrected chi connectivity index (χ3v) is 8.60. The Labute approximate surface area is 261 Å². The van der Waals surface area contributed by atoms with Crippen LogP contribution < -0.4 is 14.4 Å². The highest BCUT2D eigenvalue weighted by atomic mass is 35.5. The van der Waals surface area contributed by atoms with Crippen molar-refractivity contribution in [3.63, 3.8) is 0 Å². The number of nitrogens with zero attached hydrogens (tertiary/aromatic N) is 2. The van der Waals surface area contributed by atoms with Gasteiger partial charge in [-0.3, -0.25) is 13.9 Å². The Bertz CT molecular complexity index is 1470. The van der Waals surface area contributed by atoms with Crippen LogP contribution in [-0.2, 0) is 32.6 Å². The highest BCUT2D eigenvalue weighted by molar-refractivity contribution is 7.92. The van der Waals surface area contributed by atoms with Crippen LogP contribution in [0.5, 0.6) is 5.75 Å². The molecule has 0 heterocycles. The second-order valence-electron chi connectivity index (χ2n) is 10.6. The van der Waals surface area contributed by atoms with Gasteiger partial charge in [-0.1, -0.05) is 85.1 Å². The Morgan fingerprint density at radius 1 is 0.977 bits per heavy atom. The number of hydrogen-bond donors (Lipinski definition) is 1. The number of nitrogens with one attached hydrogen (secondary N) is 1. The van der Waals surface area contributed by atoms with Crippen LogP contribution in [0.25, 0.3) is 0 Å². The van der Waals surface area contributed by atoms with Gasteiger partial charge in [-0.2, -0.15) is 0 Å². The van der Waals surface area contributed by atoms with E-state index in [2.05, 4.69) is 12.2 Å². The van der Waals surface area contributed by atoms with E-state index in [1.54, 1.807) is 17.0 Å². The topological polar surface area (TPSA) is 96.0 Å². The molecule has 0 aliphatic carbocycles. The zero-order valence-corrected chi connectivity index (χ0v) is 27.0. The lowest BCUT2D eigenvalue weighted by molar-refractivity contribution is -0.141. The molecular weight excluding hydrogens is 586 g/mol. The molecule has 2 amide bonds. The lowest BCUT2D eigenvalue weighted by atomic mass is 10.0. The van der Waals surface area contributed by atoms with Gasteiger partial charge in [0.15, 0.2) is 0 Å². The Morgan fingerprint density at radius 3 is 2.33 bits per heavy atom. The first-order chi connectivity index (χ1) is 20.5. The maximum absolute atomic E-state index is 13.9. The quantitative estimate of drug-likeness (QED) is 0.204. The van der Waals surface area contributed by atoms with Crippen LogP contribution in [-0.4, -0.2) is 57.6 Å². The van der Waals surface area contributed by atoms with Crippen molar-refractivity contribution < 1.29 is 22.7 Å². The molecule has 43 heavy (non-hydrogen) atoms. The van der Waals surface area contributed by atoms with Gasteiger partial charge in [0, 0.05) is 32.5 Å². The summed E-state index contributed by atoms with van der Waals surface area (Å²) in [5.41, 5.74) is 3.30. The van der Waals surface area contributed by atoms with Crippen LogP contribution in [0.15, 0.2) is 72.8 Å². The summed E-state index contributed by atoms with van der Waals surface area (Å²) in [6, 6.07) is 21.5. The average Bonchev–Trinajstić information content (AvgIpc) is 2.97. The van der Waals surface area contributed by atoms with Gasteiger partial charge in [-0.05, 0) is 49.1 Å². The molecule has 3 aromatic carbocycles. The van der Waals surface area contributed by atoms with Crippen LogP contribution in [0.4, 0.5) is 5.69 Å². The molecule has 3 rings (SSSR count). The van der Waals surface area contributed by atoms with Crippen LogP contribution >= 0.6 is 11.6 Å². The SMILES string of the molecule is CCCCNC(=O)[C@H](Cc1ccccc1)N(Cc1cccc(C)c1)C(=O)CCCN(c1ccc(OC)c(Cl)c1)S(C)(=O)=O. The zero-order valence-electron chi connectivity index (χ0n) is 25.4. The van der Waals surface area contributed by atoms with Crippen molar-refractivity contribution in [3.8, 4) is 5.75 Å². The number of sulfonamides is 1. The summed E-state index contributed by atoms with van der Waals surface area (Å²) in [4.78, 5) is 29.2. The van der Waals surface area contributed by atoms with E-state index in [1.165, 1.54) is 17.5 Å². The van der Waals surface area contributed by atoms with Crippen molar-refractivity contribution in [1.29, 1.82) is 0 Å². The molecule has 1 atom stereocenters. The minimum Gasteiger partial charge on any atom is -0.495 e. The van der Waals surface area contributed by atoms with E-state index < -0.39 is 16.1 Å². The molecule has 0 aliphatic rings. The number of methoxy groups -OCH3 is 1. The van der Waals surface area contributed by atoms with Gasteiger partial charge in [0.25, 0.3) is 0 Å². The fraction of sp³-hybridized carbons (Fsp3) is 0.394. The molecule has 0 spiro atoms. The monoisotopic (exact) mass is 627 g/mol. The number of aryl methyl sites for hydroxylation is 1. The molecule has 10 heteroatoms. The number of carbonyl (C=O) groups excluding carboxylic acids is 2. The van der Waals surface area contributed by atoms with Crippen molar-refractivity contribution >= 4 is 39.1 Å². The smallest absolute Gasteiger partial charge is 0.243 e. The number of rotatable bonds is 16. The number of carbonyl (C=O) groups is 2. The summed E-state index contributed by atoms with van der Waals surface area (Å²) in [7, 11) is -2.18. The van der Waals surface area contributed by atoms with Crippen molar-refractivity contribution in [3.05, 3.63) is 94.5 Å². The first-order valence-electron chi connectivity index (χ1n) is 14.5. The average molecular weight is 628 g/mol. The molecule has 0 fully saturated rings. The Balaban J connectivity index is 1.88. The van der Waals surface area contributed by atoms with E-state index in [4.69, 9.17) is 16.3 Å². The Morgan fingerprint density at radius 2 is 1.70 bits per heavy atom. The lowest BCUT2D eigenvalue weighted by Gasteiger charge is -2.32. The molecule has 232 valence electrons. The fourth-order valence-electron chi connectivity index (χ4n) is 4.88. The Kier molecular flexibility index (Phi) is 12.9. The number of benzene rings is 3. The molecule has 8 nitrogen and oxygen atoms in total. The fourth-order valence-corrected chi connectivity index (χ4v) is 6.09. The van der Waals surface area contributed by atoms with Gasteiger partial charge < -0.3 is 15.0 Å². The summed E-state index contributed by atoms with van der Waals surface area (Å²) >= 11 is 6.27. The van der Waals surface area contributed by atoms with Gasteiger partial charge >= 0.3 is 0 Å². The molecule has 0 saturated carbocycles. The summed E-state index contributed by atoms with van der Waals surface area (Å²) < 4.78 is 31.8. The summed E-state index contributed by atoms with van der Waals surface area (Å²) in [6.07, 6.45) is 3.55. The number of anilines is 1. The largest absolute Gasteiger partial charge is 0.495 e. The number of unbranched alkanes of at least 4 members (excludes halogenated alkanes) is 1. The zero-order chi connectivity index (χ0) is 31.4. The molecule has 0 aliphatic heterocycles. The molecule has 0 aromatic heterocycles. The molecule has 1 N–H and O–H groups in total. The van der Waals surface area contributed by atoms with Crippen molar-refractivity contribution in [2.75, 3.05) is 30.8 Å². The van der Waals surface area contributed by atoms with Crippen LogP contribution in [0, 0.1) is 6.92 Å². The molecular formula is C33H42ClN3O5S. The van der Waals surface area contributed by atoms with Crippen LogP contribution in [0.2, 0.25) is 5.02 Å². The summed E-state index contributed by atoms with van der Waals surface area (Å²) in [5, 5.41) is 3.31. The second-order valence-corrected chi connectivity index (χ2v) is 12.9. The predicted octanol–water partition coefficient (Wildman–Crippen LogP) is 5.76. The van der Waals surface area contributed by atoms with Crippen molar-refractivity contribution in [2.45, 2.75) is 58.5 Å². The summed E-state index contributed by atoms with van der Waals surface area (Å²) in [6.45, 7) is 4.89. The maximum atomic E-state index is 13.9. The van der Waals surface area contributed by atoms with E-state index in [0.717, 1.165) is 35.8 Å². The maximum Gasteiger partial charge on any atom is 0.243 e. The van der Waals surface area contributed by atoms with E-state index in [0.29, 0.717) is 24.4 Å². The minimum absolute atomic E-state index is 0.0508. The first-order valence-corrected chi connectivity index (χ1v) is 16.7. The second kappa shape index (κ2) is 16.3. The molecule has 0 bridgehead atoms. The van der Waals surface area contributed by atoms with Crippen LogP contribution in [0.3, 0.4) is 0 Å². The highest BCUT2D eigenvalue weighted by Gasteiger charge is 2.30. The van der Waals surface area contributed by atoms with E-state index in [-0.39, 0.29) is 42.8 Å². The summed E-state index contributed by atoms with van der Waals surface area (Å²) in [5.74, 6) is 0.000689. The van der Waals surface area contributed by atoms with Gasteiger partial charge in [0.1, 0.15) is 11.8 Å². The van der Waals surface area contributed by atoms with Crippen molar-refractivity contribution in [2.24, 2.45) is 0 Å². The first kappa shape index (κ1) is 33.9. The molecule has 3 aromatic rings.